The van der Waals surface area contributed by atoms with Crippen molar-refractivity contribution in [3.63, 3.8) is 0 Å². The third kappa shape index (κ3) is 20.4. The van der Waals surface area contributed by atoms with E-state index < -0.39 is 0 Å². The molecule has 3 radical (unpaired) electrons. The average Bonchev–Trinajstić information content (AvgIpc) is 2.99. The quantitative estimate of drug-likeness (QED) is 0.100. The van der Waals surface area contributed by atoms with E-state index in [0.29, 0.717) is 8.75 Å². The summed E-state index contributed by atoms with van der Waals surface area (Å²) in [7, 11) is 0. The first-order valence-electron chi connectivity index (χ1n) is 14.0. The van der Waals surface area contributed by atoms with Crippen molar-refractivity contribution < 1.29 is 102 Å². The molecular formula is C26H42Br3Cu3N8S4-9. The fourth-order valence-electron chi connectivity index (χ4n) is 5.11. The summed E-state index contributed by atoms with van der Waals surface area (Å²) >= 11 is 13.1. The zero-order valence-electron chi connectivity index (χ0n) is 24.9. The van der Waals surface area contributed by atoms with E-state index in [-0.39, 0.29) is 126 Å². The maximum atomic E-state index is 5.10. The van der Waals surface area contributed by atoms with Crippen LogP contribution in [0.4, 0.5) is 0 Å². The van der Waals surface area contributed by atoms with Gasteiger partial charge in [-0.1, -0.05) is 101 Å². The summed E-state index contributed by atoms with van der Waals surface area (Å²) in [4.78, 5) is 0. The molecule has 4 saturated heterocycles. The van der Waals surface area contributed by atoms with Gasteiger partial charge in [0.15, 0.2) is 0 Å². The molecule has 44 heavy (non-hydrogen) atoms. The van der Waals surface area contributed by atoms with Crippen LogP contribution < -0.4 is 50.9 Å². The van der Waals surface area contributed by atoms with Crippen LogP contribution in [0.25, 0.3) is 21.3 Å². The zero-order valence-corrected chi connectivity index (χ0v) is 35.7. The molecule has 0 saturated carbocycles. The Morgan fingerprint density at radius 2 is 0.727 bits per heavy atom. The Morgan fingerprint density at radius 1 is 0.477 bits per heavy atom. The molecule has 4 atom stereocenters. The van der Waals surface area contributed by atoms with Crippen LogP contribution in [0.1, 0.15) is 77.0 Å². The molecule has 273 valence electrons. The third-order valence-corrected chi connectivity index (χ3v) is 9.17. The monoisotopic (exact) mass is 1020 g/mol. The van der Waals surface area contributed by atoms with Gasteiger partial charge in [0.1, 0.15) is 0 Å². The molecular weight excluding hydrogens is 983 g/mol. The van der Waals surface area contributed by atoms with Crippen molar-refractivity contribution >= 4 is 69.0 Å². The molecule has 4 heterocycles. The van der Waals surface area contributed by atoms with Gasteiger partial charge in [0, 0.05) is 62.6 Å². The summed E-state index contributed by atoms with van der Waals surface area (Å²) in [6.07, 6.45) is 17.9. The van der Waals surface area contributed by atoms with E-state index in [9.17, 15) is 0 Å². The van der Waals surface area contributed by atoms with Gasteiger partial charge < -0.3 is 97.5 Å². The largest absolute Gasteiger partial charge is 1.00 e. The summed E-state index contributed by atoms with van der Waals surface area (Å²) in [6.45, 7) is 3.79. The number of thioether (sulfide) groups is 2. The predicted molar refractivity (Wildman–Crippen MR) is 175 cm³/mol. The van der Waals surface area contributed by atoms with Crippen LogP contribution in [0.2, 0.25) is 0 Å². The first-order chi connectivity index (χ1) is 18.6. The van der Waals surface area contributed by atoms with Crippen molar-refractivity contribution in [1.29, 1.82) is 0 Å². The standard InChI is InChI=1S/2C13H22N4S2.3BrH.3Cu/c2*1-19-13(18)17-16-12(10-6-2-4-8-14-10)11-7-3-5-9-15-11;;;;;;/h2*10-11H,2-9H2,1H3,(H,17,18);3*1H;;;/q2*-2;;;;;;/p-5. The van der Waals surface area contributed by atoms with E-state index in [4.69, 9.17) is 46.5 Å². The van der Waals surface area contributed by atoms with Crippen molar-refractivity contribution in [1.82, 2.24) is 0 Å². The summed E-state index contributed by atoms with van der Waals surface area (Å²) < 4.78 is 1.17. The second-order valence-corrected chi connectivity index (χ2v) is 12.7. The van der Waals surface area contributed by atoms with Gasteiger partial charge in [0.2, 0.25) is 0 Å². The minimum atomic E-state index is 0. The Hall–Kier alpha value is 2.66. The van der Waals surface area contributed by atoms with Crippen LogP contribution in [-0.2, 0) is 76.5 Å². The molecule has 0 aliphatic carbocycles. The molecule has 0 aromatic carbocycles. The molecule has 4 unspecified atom stereocenters. The van der Waals surface area contributed by atoms with Crippen LogP contribution >= 0.6 is 23.5 Å². The topological polar surface area (TPSA) is 106 Å². The van der Waals surface area contributed by atoms with E-state index >= 15 is 0 Å². The van der Waals surface area contributed by atoms with Crippen LogP contribution in [0.5, 0.6) is 0 Å². The van der Waals surface area contributed by atoms with E-state index in [0.717, 1.165) is 63.3 Å². The molecule has 0 amide bonds. The molecule has 4 aliphatic rings. The molecule has 0 spiro atoms. The average molecular weight is 1030 g/mol. The minimum Gasteiger partial charge on any atom is -1.00 e. The van der Waals surface area contributed by atoms with Gasteiger partial charge in [-0.25, -0.2) is 0 Å². The summed E-state index contributed by atoms with van der Waals surface area (Å²) in [5.41, 5.74) is 2.10. The Morgan fingerprint density at radius 3 is 0.909 bits per heavy atom. The molecule has 4 aliphatic heterocycles. The Labute approximate surface area is 348 Å². The Kier molecular flexibility index (Phi) is 39.9. The van der Waals surface area contributed by atoms with Crippen LogP contribution in [0.15, 0.2) is 20.4 Å². The smallest absolute Gasteiger partial charge is 0.00570 e. The van der Waals surface area contributed by atoms with Crippen molar-refractivity contribution in [2.75, 3.05) is 38.7 Å². The SMILES string of the molecule is CSC([S-])=NN=C(C1CCCC[N-]1)C1CCCC[N-]1.CSC([S-])=NN=C(C1CCCC[N-]1)C1CCCC[N-]1.[Br-].[Br-].[Br-].[Cu].[Cu].[Cu]. The maximum absolute atomic E-state index is 5.10. The second kappa shape index (κ2) is 32.8. The van der Waals surface area contributed by atoms with E-state index in [1.54, 1.807) is 0 Å². The maximum Gasteiger partial charge on any atom is 0.00570 e. The minimum absolute atomic E-state index is 0. The van der Waals surface area contributed by atoms with Gasteiger partial charge >= 0.3 is 0 Å². The number of hydrogen-bond donors (Lipinski definition) is 0. The predicted octanol–water partition coefficient (Wildman–Crippen LogP) is -2.07. The van der Waals surface area contributed by atoms with E-state index in [2.05, 4.69) is 20.4 Å². The van der Waals surface area contributed by atoms with Gasteiger partial charge in [-0.3, -0.25) is 0 Å². The molecule has 0 N–H and O–H groups in total. The molecule has 4 rings (SSSR count). The van der Waals surface area contributed by atoms with Crippen LogP contribution in [-0.4, -0.2) is 83.0 Å². The van der Waals surface area contributed by atoms with Crippen molar-refractivity contribution in [2.24, 2.45) is 20.4 Å². The molecule has 0 aromatic rings. The van der Waals surface area contributed by atoms with Crippen LogP contribution in [0.3, 0.4) is 0 Å². The van der Waals surface area contributed by atoms with Gasteiger partial charge in [-0.15, -0.1) is 49.7 Å². The molecule has 4 fully saturated rings. The van der Waals surface area contributed by atoms with E-state index in [1.165, 1.54) is 74.9 Å². The summed E-state index contributed by atoms with van der Waals surface area (Å²) in [6, 6.07) is 0.867. The van der Waals surface area contributed by atoms with Crippen molar-refractivity contribution in [2.45, 2.75) is 101 Å². The number of rotatable bonds is 6. The van der Waals surface area contributed by atoms with Crippen molar-refractivity contribution in [3.8, 4) is 0 Å². The number of hydrogen-bond acceptors (Lipinski definition) is 8. The van der Waals surface area contributed by atoms with Crippen molar-refractivity contribution in [3.05, 3.63) is 21.3 Å². The summed E-state index contributed by atoms with van der Waals surface area (Å²) in [5, 5.41) is 36.0. The Bertz CT molecular complexity index is 720. The first kappa shape index (κ1) is 53.5. The number of halogens is 3. The fourth-order valence-corrected chi connectivity index (χ4v) is 5.43. The zero-order chi connectivity index (χ0) is 27.0. The normalized spacial score (nSPS) is 25.0. The first-order valence-corrected chi connectivity index (χ1v) is 17.3. The molecule has 0 bridgehead atoms. The number of nitrogens with zero attached hydrogens (tertiary/aromatic N) is 8. The van der Waals surface area contributed by atoms with Gasteiger partial charge in [0.05, 0.1) is 0 Å². The Balaban J connectivity index is -0.000000320. The third-order valence-electron chi connectivity index (χ3n) is 7.15. The fraction of sp³-hybridized carbons (Fsp3) is 0.846. The molecule has 18 heteroatoms. The van der Waals surface area contributed by atoms with Gasteiger partial charge in [0.25, 0.3) is 0 Å². The van der Waals surface area contributed by atoms with Crippen LogP contribution in [0, 0.1) is 0 Å². The molecule has 8 nitrogen and oxygen atoms in total. The van der Waals surface area contributed by atoms with E-state index in [1.807, 2.05) is 12.5 Å². The van der Waals surface area contributed by atoms with Gasteiger partial charge in [-0.05, 0) is 21.3 Å². The molecule has 0 aromatic heterocycles. The summed E-state index contributed by atoms with van der Waals surface area (Å²) in [5.74, 6) is 0. The number of piperidine rings is 4. The van der Waals surface area contributed by atoms with Gasteiger partial charge in [-0.2, -0.15) is 20.4 Å². The second-order valence-electron chi connectivity index (χ2n) is 9.86.